The number of hydrogen-bond donors (Lipinski definition) is 3. The van der Waals surface area contributed by atoms with E-state index in [2.05, 4.69) is 74.6 Å². The molecule has 5 nitrogen and oxygen atoms in total. The molecule has 1 unspecified atom stereocenters. The molecule has 5 heteroatoms. The molecule has 3 N–H and O–H groups in total. The Morgan fingerprint density at radius 2 is 1.84 bits per heavy atom. The van der Waals surface area contributed by atoms with E-state index < -0.39 is 5.97 Å². The number of benzene rings is 3. The topological polar surface area (TPSA) is 78.8 Å². The molecule has 2 aliphatic rings. The van der Waals surface area contributed by atoms with E-state index in [1.165, 1.54) is 44.5 Å². The van der Waals surface area contributed by atoms with Gasteiger partial charge in [0.2, 0.25) is 0 Å². The average molecular weight is 500 g/mol. The number of fused-ring (bicyclic) bond motifs is 1. The number of carboxylic acids is 1. The van der Waals surface area contributed by atoms with Gasteiger partial charge in [0.25, 0.3) is 0 Å². The molecule has 0 heterocycles. The van der Waals surface area contributed by atoms with Gasteiger partial charge in [0.15, 0.2) is 0 Å². The maximum Gasteiger partial charge on any atom is 0.303 e. The molecule has 0 saturated heterocycles. The maximum atomic E-state index is 11.5. The summed E-state index contributed by atoms with van der Waals surface area (Å²) in [5.74, 6) is 0.305. The van der Waals surface area contributed by atoms with E-state index in [4.69, 9.17) is 9.84 Å². The first-order valence-corrected chi connectivity index (χ1v) is 13.3. The Hall–Kier alpha value is -3.31. The first-order chi connectivity index (χ1) is 17.8. The number of aliphatic hydroxyl groups is 1. The second kappa shape index (κ2) is 10.2. The first-order valence-electron chi connectivity index (χ1n) is 13.3. The van der Waals surface area contributed by atoms with Crippen molar-refractivity contribution in [2.45, 2.75) is 65.3 Å². The monoisotopic (exact) mass is 499 g/mol. The van der Waals surface area contributed by atoms with Gasteiger partial charge in [-0.25, -0.2) is 0 Å². The van der Waals surface area contributed by atoms with Crippen LogP contribution in [0.2, 0.25) is 0 Å². The van der Waals surface area contributed by atoms with Gasteiger partial charge in [-0.3, -0.25) is 4.79 Å². The van der Waals surface area contributed by atoms with E-state index in [9.17, 15) is 9.90 Å². The van der Waals surface area contributed by atoms with Crippen molar-refractivity contribution in [1.29, 1.82) is 0 Å². The molecular weight excluding hydrogens is 462 g/mol. The zero-order valence-corrected chi connectivity index (χ0v) is 22.1. The summed E-state index contributed by atoms with van der Waals surface area (Å²) in [6.07, 6.45) is 4.15. The number of anilines is 1. The molecule has 0 aliphatic heterocycles. The Morgan fingerprint density at radius 3 is 2.51 bits per heavy atom. The van der Waals surface area contributed by atoms with Gasteiger partial charge in [-0.15, -0.1) is 0 Å². The van der Waals surface area contributed by atoms with Gasteiger partial charge < -0.3 is 20.3 Å². The number of ether oxygens (including phenoxy) is 1. The van der Waals surface area contributed by atoms with Crippen LogP contribution in [0.4, 0.5) is 5.69 Å². The molecule has 5 rings (SSSR count). The van der Waals surface area contributed by atoms with Gasteiger partial charge in [-0.1, -0.05) is 24.3 Å². The van der Waals surface area contributed by atoms with E-state index >= 15 is 0 Å². The summed E-state index contributed by atoms with van der Waals surface area (Å²) >= 11 is 0. The van der Waals surface area contributed by atoms with Gasteiger partial charge in [-0.2, -0.15) is 0 Å². The van der Waals surface area contributed by atoms with Gasteiger partial charge in [0, 0.05) is 31.2 Å². The largest absolute Gasteiger partial charge is 0.493 e. The van der Waals surface area contributed by atoms with E-state index in [0.29, 0.717) is 13.0 Å². The molecule has 3 aromatic carbocycles. The van der Waals surface area contributed by atoms with Crippen molar-refractivity contribution >= 4 is 11.7 Å². The Kier molecular flexibility index (Phi) is 7.00. The molecule has 37 heavy (non-hydrogen) atoms. The molecule has 1 fully saturated rings. The molecular formula is C32H37NO4. The highest BCUT2D eigenvalue weighted by atomic mass is 16.5. The summed E-state index contributed by atoms with van der Waals surface area (Å²) in [4.78, 5) is 11.5. The standard InChI is InChI=1S/C32H37NO4/c1-20-14-26(37-13-5-12-34)15-21(2)31(20)27-7-4-6-23(22(27)3)19-33-25-8-9-28-24(16-25)18-32(10-11-32)29(28)17-30(35)36/h4,6-9,14-16,29,33-34H,5,10-13,17-19H2,1-3H3,(H,35,36). The van der Waals surface area contributed by atoms with Crippen LogP contribution in [0.25, 0.3) is 11.1 Å². The molecule has 0 radical (unpaired) electrons. The third-order valence-electron chi connectivity index (χ3n) is 8.35. The molecule has 2 aliphatic carbocycles. The van der Waals surface area contributed by atoms with Crippen LogP contribution in [0.5, 0.6) is 5.75 Å². The number of aryl methyl sites for hydroxylation is 2. The van der Waals surface area contributed by atoms with Crippen molar-refractivity contribution in [2.75, 3.05) is 18.5 Å². The number of hydrogen-bond acceptors (Lipinski definition) is 4. The summed E-state index contributed by atoms with van der Waals surface area (Å²) in [5.41, 5.74) is 11.2. The summed E-state index contributed by atoms with van der Waals surface area (Å²) in [6.45, 7) is 7.81. The molecule has 1 spiro atoms. The van der Waals surface area contributed by atoms with Crippen LogP contribution >= 0.6 is 0 Å². The highest BCUT2D eigenvalue weighted by Gasteiger charge is 2.54. The highest BCUT2D eigenvalue weighted by Crippen LogP contribution is 2.64. The Bertz CT molecular complexity index is 1300. The Morgan fingerprint density at radius 1 is 1.08 bits per heavy atom. The molecule has 0 aromatic heterocycles. The van der Waals surface area contributed by atoms with Crippen LogP contribution in [0.3, 0.4) is 0 Å². The summed E-state index contributed by atoms with van der Waals surface area (Å²) in [7, 11) is 0. The van der Waals surface area contributed by atoms with Gasteiger partial charge in [0.1, 0.15) is 5.75 Å². The van der Waals surface area contributed by atoms with E-state index in [-0.39, 0.29) is 24.4 Å². The SMILES string of the molecule is Cc1cc(OCCCO)cc(C)c1-c1cccc(CNc2ccc3c(c2)CC2(CC2)C3CC(=O)O)c1C. The number of carboxylic acid groups (broad SMARTS) is 1. The van der Waals surface area contributed by atoms with Gasteiger partial charge in [0.05, 0.1) is 13.0 Å². The van der Waals surface area contributed by atoms with Crippen molar-refractivity contribution in [3.63, 3.8) is 0 Å². The number of aliphatic carboxylic acids is 1. The highest BCUT2D eigenvalue weighted by molar-refractivity contribution is 5.75. The lowest BCUT2D eigenvalue weighted by Crippen LogP contribution is -2.13. The fraction of sp³-hybridized carbons (Fsp3) is 0.406. The van der Waals surface area contributed by atoms with E-state index in [0.717, 1.165) is 37.2 Å². The minimum Gasteiger partial charge on any atom is -0.493 e. The lowest BCUT2D eigenvalue weighted by molar-refractivity contribution is -0.137. The Balaban J connectivity index is 1.33. The van der Waals surface area contributed by atoms with Gasteiger partial charge >= 0.3 is 5.97 Å². The lowest BCUT2D eigenvalue weighted by atomic mass is 9.87. The normalized spacial score (nSPS) is 17.0. The summed E-state index contributed by atoms with van der Waals surface area (Å²) in [6, 6.07) is 17.2. The predicted molar refractivity (Wildman–Crippen MR) is 147 cm³/mol. The number of aliphatic hydroxyl groups excluding tert-OH is 1. The smallest absolute Gasteiger partial charge is 0.303 e. The zero-order valence-electron chi connectivity index (χ0n) is 22.1. The molecule has 1 atom stereocenters. The third kappa shape index (κ3) is 5.10. The predicted octanol–water partition coefficient (Wildman–Crippen LogP) is 6.55. The lowest BCUT2D eigenvalue weighted by Gasteiger charge is -2.18. The number of nitrogens with one attached hydrogen (secondary N) is 1. The quantitative estimate of drug-likeness (QED) is 0.276. The minimum absolute atomic E-state index is 0.132. The number of carbonyl (C=O) groups is 1. The van der Waals surface area contributed by atoms with E-state index in [1.54, 1.807) is 0 Å². The maximum absolute atomic E-state index is 11.5. The van der Waals surface area contributed by atoms with Crippen molar-refractivity contribution in [1.82, 2.24) is 0 Å². The third-order valence-corrected chi connectivity index (χ3v) is 8.35. The van der Waals surface area contributed by atoms with Crippen LogP contribution in [-0.4, -0.2) is 29.4 Å². The van der Waals surface area contributed by atoms with E-state index in [1.807, 2.05) is 0 Å². The van der Waals surface area contributed by atoms with Crippen LogP contribution in [-0.2, 0) is 17.8 Å². The second-order valence-corrected chi connectivity index (χ2v) is 10.9. The van der Waals surface area contributed by atoms with Crippen molar-refractivity contribution < 1.29 is 19.7 Å². The summed E-state index contributed by atoms with van der Waals surface area (Å²) in [5, 5.41) is 22.1. The summed E-state index contributed by atoms with van der Waals surface area (Å²) < 4.78 is 5.82. The molecule has 0 bridgehead atoms. The van der Waals surface area contributed by atoms with Crippen molar-refractivity contribution in [3.05, 3.63) is 81.9 Å². The van der Waals surface area contributed by atoms with Crippen molar-refractivity contribution in [3.8, 4) is 16.9 Å². The van der Waals surface area contributed by atoms with Crippen LogP contribution in [0, 0.1) is 26.2 Å². The van der Waals surface area contributed by atoms with Crippen LogP contribution in [0.1, 0.15) is 65.0 Å². The van der Waals surface area contributed by atoms with Crippen LogP contribution in [0.15, 0.2) is 48.5 Å². The molecule has 0 amide bonds. The average Bonchev–Trinajstić information content (AvgIpc) is 3.56. The van der Waals surface area contributed by atoms with Crippen molar-refractivity contribution in [2.24, 2.45) is 5.41 Å². The molecule has 194 valence electrons. The van der Waals surface area contributed by atoms with Gasteiger partial charge in [-0.05, 0) is 114 Å². The fourth-order valence-corrected chi connectivity index (χ4v) is 6.26. The Labute approximate surface area is 219 Å². The fourth-order valence-electron chi connectivity index (χ4n) is 6.26. The first kappa shape index (κ1) is 25.3. The molecule has 3 aromatic rings. The minimum atomic E-state index is -0.698. The second-order valence-electron chi connectivity index (χ2n) is 10.9. The number of rotatable bonds is 10. The van der Waals surface area contributed by atoms with Crippen LogP contribution < -0.4 is 10.1 Å². The zero-order chi connectivity index (χ0) is 26.2. The molecule has 1 saturated carbocycles.